The van der Waals surface area contributed by atoms with Gasteiger partial charge in [0.2, 0.25) is 0 Å². The molecule has 2 aromatic rings. The number of dihydropyridines is 1. The van der Waals surface area contributed by atoms with E-state index in [1.54, 1.807) is 11.3 Å². The first-order valence-corrected chi connectivity index (χ1v) is 12.5. The second-order valence-corrected chi connectivity index (χ2v) is 10.3. The number of benzene rings is 1. The molecule has 0 radical (unpaired) electrons. The van der Waals surface area contributed by atoms with Crippen LogP contribution in [0.2, 0.25) is 5.02 Å². The van der Waals surface area contributed by atoms with Crippen LogP contribution in [0.1, 0.15) is 67.7 Å². The second-order valence-electron chi connectivity index (χ2n) is 8.90. The van der Waals surface area contributed by atoms with Gasteiger partial charge in [-0.15, -0.1) is 11.3 Å². The Labute approximate surface area is 197 Å². The van der Waals surface area contributed by atoms with Crippen molar-refractivity contribution in [3.63, 3.8) is 0 Å². The minimum Gasteiger partial charge on any atom is -0.459 e. The summed E-state index contributed by atoms with van der Waals surface area (Å²) in [6.45, 7) is 1.91. The summed E-state index contributed by atoms with van der Waals surface area (Å²) in [5.74, 6) is -0.545. The Bertz CT molecular complexity index is 1110. The van der Waals surface area contributed by atoms with Gasteiger partial charge < -0.3 is 10.1 Å². The first-order valence-electron chi connectivity index (χ1n) is 11.2. The minimum atomic E-state index is -0.462. The molecule has 1 fully saturated rings. The first kappa shape index (κ1) is 21.5. The Balaban J connectivity index is 1.55. The maximum absolute atomic E-state index is 13.5. The van der Waals surface area contributed by atoms with Crippen LogP contribution in [0, 0.1) is 0 Å². The average Bonchev–Trinajstić information content (AvgIpc) is 3.47. The molecule has 1 aromatic heterocycles. The van der Waals surface area contributed by atoms with Crippen LogP contribution in [0.25, 0.3) is 0 Å². The van der Waals surface area contributed by atoms with Crippen molar-refractivity contribution >= 4 is 34.7 Å². The molecule has 2 atom stereocenters. The lowest BCUT2D eigenvalue weighted by Crippen LogP contribution is -2.36. The third-order valence-corrected chi connectivity index (χ3v) is 8.02. The van der Waals surface area contributed by atoms with Crippen molar-refractivity contribution < 1.29 is 14.3 Å². The highest BCUT2D eigenvalue weighted by Crippen LogP contribution is 2.46. The van der Waals surface area contributed by atoms with Crippen molar-refractivity contribution in [3.8, 4) is 0 Å². The standard InChI is InChI=1S/C26H26ClNO3S/c1-15-23(26(30)31-19-8-2-3-9-19)24(16-6-4-7-18(27)12-16)25-20(28-15)13-17(14-21(25)29)22-10-5-11-32-22/h4-7,10-12,17,19,24,28H,2-3,8-9,13-14H2,1H3/t17-,24-/m1/s1. The molecule has 0 spiro atoms. The molecule has 0 amide bonds. The van der Waals surface area contributed by atoms with E-state index in [2.05, 4.69) is 16.8 Å². The van der Waals surface area contributed by atoms with Gasteiger partial charge >= 0.3 is 5.97 Å². The quantitative estimate of drug-likeness (QED) is 0.540. The fourth-order valence-corrected chi connectivity index (χ4v) is 6.30. The van der Waals surface area contributed by atoms with Gasteiger partial charge in [-0.3, -0.25) is 4.79 Å². The third-order valence-electron chi connectivity index (χ3n) is 6.75. The topological polar surface area (TPSA) is 55.4 Å². The summed E-state index contributed by atoms with van der Waals surface area (Å²) in [4.78, 5) is 28.1. The minimum absolute atomic E-state index is 0.0385. The van der Waals surface area contributed by atoms with Crippen LogP contribution < -0.4 is 5.32 Å². The van der Waals surface area contributed by atoms with E-state index in [4.69, 9.17) is 16.3 Å². The second kappa shape index (κ2) is 8.87. The Morgan fingerprint density at radius 3 is 2.69 bits per heavy atom. The molecule has 32 heavy (non-hydrogen) atoms. The van der Waals surface area contributed by atoms with Crippen LogP contribution in [0.5, 0.6) is 0 Å². The van der Waals surface area contributed by atoms with Crippen LogP contribution in [0.4, 0.5) is 0 Å². The molecule has 5 rings (SSSR count). The van der Waals surface area contributed by atoms with Crippen molar-refractivity contribution in [1.29, 1.82) is 0 Å². The van der Waals surface area contributed by atoms with Crippen molar-refractivity contribution in [1.82, 2.24) is 5.32 Å². The molecule has 2 heterocycles. The summed E-state index contributed by atoms with van der Waals surface area (Å²) in [6, 6.07) is 11.6. The van der Waals surface area contributed by atoms with Crippen LogP contribution in [0.15, 0.2) is 64.3 Å². The molecule has 1 saturated carbocycles. The summed E-state index contributed by atoms with van der Waals surface area (Å²) in [5, 5.41) is 6.06. The maximum atomic E-state index is 13.5. The maximum Gasteiger partial charge on any atom is 0.337 e. The Morgan fingerprint density at radius 1 is 1.16 bits per heavy atom. The molecular formula is C26H26ClNO3S. The molecule has 0 saturated heterocycles. The van der Waals surface area contributed by atoms with E-state index >= 15 is 0 Å². The highest BCUT2D eigenvalue weighted by Gasteiger charge is 2.42. The van der Waals surface area contributed by atoms with Gasteiger partial charge in [-0.05, 0) is 68.2 Å². The normalized spacial score (nSPS) is 23.9. The number of hydrogen-bond acceptors (Lipinski definition) is 5. The Kier molecular flexibility index (Phi) is 5.95. The summed E-state index contributed by atoms with van der Waals surface area (Å²) < 4.78 is 5.90. The lowest BCUT2D eigenvalue weighted by atomic mass is 9.72. The number of esters is 1. The average molecular weight is 468 g/mol. The molecule has 166 valence electrons. The zero-order chi connectivity index (χ0) is 22.2. The number of thiophene rings is 1. The van der Waals surface area contributed by atoms with Crippen molar-refractivity contribution in [2.24, 2.45) is 0 Å². The smallest absolute Gasteiger partial charge is 0.337 e. The molecule has 1 aliphatic heterocycles. The molecule has 0 unspecified atom stereocenters. The summed E-state index contributed by atoms with van der Waals surface area (Å²) in [5.41, 5.74) is 3.74. The van der Waals surface area contributed by atoms with E-state index in [1.165, 1.54) is 4.88 Å². The van der Waals surface area contributed by atoms with Gasteiger partial charge in [-0.1, -0.05) is 29.8 Å². The lowest BCUT2D eigenvalue weighted by molar-refractivity contribution is -0.144. The van der Waals surface area contributed by atoms with E-state index in [0.29, 0.717) is 22.6 Å². The zero-order valence-corrected chi connectivity index (χ0v) is 19.6. The zero-order valence-electron chi connectivity index (χ0n) is 18.0. The van der Waals surface area contributed by atoms with Crippen LogP contribution in [-0.4, -0.2) is 17.9 Å². The van der Waals surface area contributed by atoms with Gasteiger partial charge in [0.15, 0.2) is 5.78 Å². The van der Waals surface area contributed by atoms with E-state index in [0.717, 1.165) is 49.1 Å². The van der Waals surface area contributed by atoms with E-state index in [-0.39, 0.29) is 23.8 Å². The summed E-state index contributed by atoms with van der Waals surface area (Å²) >= 11 is 8.01. The summed E-state index contributed by atoms with van der Waals surface area (Å²) in [7, 11) is 0. The molecular weight excluding hydrogens is 442 g/mol. The first-order chi connectivity index (χ1) is 15.5. The summed E-state index contributed by atoms with van der Waals surface area (Å²) in [6.07, 6.45) is 5.14. The molecule has 3 aliphatic rings. The number of ketones is 1. The number of rotatable bonds is 4. The van der Waals surface area contributed by atoms with Crippen LogP contribution >= 0.6 is 22.9 Å². The number of ether oxygens (including phenoxy) is 1. The number of carbonyl (C=O) groups is 2. The van der Waals surface area contributed by atoms with Crippen molar-refractivity contribution in [3.05, 3.63) is 79.8 Å². The highest BCUT2D eigenvalue weighted by molar-refractivity contribution is 7.10. The van der Waals surface area contributed by atoms with Crippen molar-refractivity contribution in [2.75, 3.05) is 0 Å². The molecule has 0 bridgehead atoms. The van der Waals surface area contributed by atoms with Gasteiger partial charge in [0, 0.05) is 45.1 Å². The van der Waals surface area contributed by atoms with Gasteiger partial charge in [-0.2, -0.15) is 0 Å². The van der Waals surface area contributed by atoms with Gasteiger partial charge in [0.05, 0.1) is 5.57 Å². The van der Waals surface area contributed by atoms with E-state index in [9.17, 15) is 9.59 Å². The molecule has 6 heteroatoms. The SMILES string of the molecule is CC1=C(C(=O)OC2CCCC2)[C@@H](c2cccc(Cl)c2)C2=C(C[C@@H](c3cccs3)CC2=O)N1. The molecule has 1 aromatic carbocycles. The predicted molar refractivity (Wildman–Crippen MR) is 127 cm³/mol. The number of carbonyl (C=O) groups excluding carboxylic acids is 2. The number of hydrogen-bond donors (Lipinski definition) is 1. The molecule has 4 nitrogen and oxygen atoms in total. The lowest BCUT2D eigenvalue weighted by Gasteiger charge is -2.36. The Morgan fingerprint density at radius 2 is 1.97 bits per heavy atom. The van der Waals surface area contributed by atoms with E-state index < -0.39 is 5.92 Å². The highest BCUT2D eigenvalue weighted by atomic mass is 35.5. The van der Waals surface area contributed by atoms with E-state index in [1.807, 2.05) is 37.3 Å². The monoisotopic (exact) mass is 467 g/mol. The third kappa shape index (κ3) is 4.04. The van der Waals surface area contributed by atoms with Crippen LogP contribution in [0.3, 0.4) is 0 Å². The van der Waals surface area contributed by atoms with Gasteiger partial charge in [0.25, 0.3) is 0 Å². The van der Waals surface area contributed by atoms with Crippen LogP contribution in [-0.2, 0) is 14.3 Å². The fraction of sp³-hybridized carbons (Fsp3) is 0.385. The number of halogens is 1. The largest absolute Gasteiger partial charge is 0.459 e. The van der Waals surface area contributed by atoms with Gasteiger partial charge in [-0.25, -0.2) is 4.79 Å². The predicted octanol–water partition coefficient (Wildman–Crippen LogP) is 6.25. The fourth-order valence-electron chi connectivity index (χ4n) is 5.27. The number of Topliss-reactive ketones (excluding diaryl/α,β-unsaturated/α-hetero) is 1. The molecule has 2 aliphatic carbocycles. The van der Waals surface area contributed by atoms with Gasteiger partial charge in [0.1, 0.15) is 6.10 Å². The number of nitrogens with one attached hydrogen (secondary N) is 1. The number of allylic oxidation sites excluding steroid dienone is 3. The molecule has 1 N–H and O–H groups in total. The Hall–Kier alpha value is -2.37. The van der Waals surface area contributed by atoms with Crippen molar-refractivity contribution in [2.45, 2.75) is 63.4 Å².